The maximum atomic E-state index is 12.6. The fourth-order valence-corrected chi connectivity index (χ4v) is 3.18. The molecule has 0 radical (unpaired) electrons. The third-order valence-corrected chi connectivity index (χ3v) is 4.65. The van der Waals surface area contributed by atoms with Gasteiger partial charge in [-0.1, -0.05) is 23.7 Å². The van der Waals surface area contributed by atoms with Crippen molar-refractivity contribution in [2.45, 2.75) is 13.1 Å². The van der Waals surface area contributed by atoms with Crippen molar-refractivity contribution in [3.8, 4) is 5.75 Å². The monoisotopic (exact) mass is 396 g/mol. The number of hydrogen-bond acceptors (Lipinski definition) is 5. The molecule has 7 nitrogen and oxygen atoms in total. The van der Waals surface area contributed by atoms with Crippen molar-refractivity contribution in [3.63, 3.8) is 0 Å². The van der Waals surface area contributed by atoms with Crippen LogP contribution in [0.5, 0.6) is 5.75 Å². The average Bonchev–Trinajstić information content (AvgIpc) is 2.68. The highest BCUT2D eigenvalue weighted by Gasteiger charge is 2.29. The summed E-state index contributed by atoms with van der Waals surface area (Å²) < 4.78 is 6.77. The predicted molar refractivity (Wildman–Crippen MR) is 109 cm³/mol. The first-order valence-electron chi connectivity index (χ1n) is 8.71. The number of nitrogens with zero attached hydrogens (tertiary/aromatic N) is 2. The van der Waals surface area contributed by atoms with E-state index >= 15 is 0 Å². The number of nitrogens with one attached hydrogen (secondary N) is 3. The Bertz CT molecular complexity index is 1090. The van der Waals surface area contributed by atoms with Gasteiger partial charge in [-0.3, -0.25) is 9.79 Å². The summed E-state index contributed by atoms with van der Waals surface area (Å²) in [5, 5.41) is 7.07. The van der Waals surface area contributed by atoms with Gasteiger partial charge in [0, 0.05) is 22.3 Å². The van der Waals surface area contributed by atoms with Crippen LogP contribution in [0.1, 0.15) is 17.4 Å². The molecule has 1 atom stereocenters. The molecule has 28 heavy (non-hydrogen) atoms. The largest absolute Gasteiger partial charge is 0.497 e. The lowest BCUT2D eigenvalue weighted by molar-refractivity contribution is -0.520. The van der Waals surface area contributed by atoms with Gasteiger partial charge in [-0.15, -0.1) is 0 Å². The van der Waals surface area contributed by atoms with Gasteiger partial charge in [0.2, 0.25) is 0 Å². The minimum atomic E-state index is -0.435. The van der Waals surface area contributed by atoms with Crippen molar-refractivity contribution in [1.29, 1.82) is 0 Å². The third kappa shape index (κ3) is 3.57. The first-order chi connectivity index (χ1) is 13.5. The van der Waals surface area contributed by atoms with E-state index in [1.165, 1.54) is 6.07 Å². The highest BCUT2D eigenvalue weighted by molar-refractivity contribution is 6.30. The van der Waals surface area contributed by atoms with Gasteiger partial charge in [-0.2, -0.15) is 0 Å². The van der Waals surface area contributed by atoms with Crippen LogP contribution in [0.3, 0.4) is 0 Å². The molecule has 3 aromatic rings. The molecule has 1 aliphatic heterocycles. The molecule has 0 saturated carbocycles. The molecule has 4 rings (SSSR count). The number of hydrogen-bond donors (Lipinski definition) is 3. The minimum absolute atomic E-state index is 0.147. The van der Waals surface area contributed by atoms with Crippen LogP contribution in [0.25, 0.3) is 0 Å². The van der Waals surface area contributed by atoms with Gasteiger partial charge in [0.15, 0.2) is 6.17 Å². The molecule has 0 aliphatic carbocycles. The second-order valence-corrected chi connectivity index (χ2v) is 6.82. The number of guanidine groups is 1. The summed E-state index contributed by atoms with van der Waals surface area (Å²) in [6.07, 6.45) is -0.435. The van der Waals surface area contributed by atoms with Gasteiger partial charge in [0.25, 0.3) is 11.5 Å². The number of anilines is 2. The Morgan fingerprint density at radius 2 is 1.89 bits per heavy atom. The lowest BCUT2D eigenvalue weighted by Crippen LogP contribution is -2.82. The van der Waals surface area contributed by atoms with E-state index in [1.54, 1.807) is 30.7 Å². The van der Waals surface area contributed by atoms with Crippen LogP contribution in [0, 0.1) is 6.92 Å². The van der Waals surface area contributed by atoms with E-state index in [2.05, 4.69) is 20.6 Å². The standard InChI is InChI=1S/C20H18ClN5O2/c1-12-11-17(27)26-18(13-3-5-14(21)6-4-13)24-19(25-20(26)22-12)23-15-7-9-16(28-2)10-8-15/h3-11,18H,1-2H3,(H2,22,23,24,25)/p+1/t18-/m0/s1. The van der Waals surface area contributed by atoms with E-state index < -0.39 is 6.17 Å². The summed E-state index contributed by atoms with van der Waals surface area (Å²) in [6.45, 7) is 1.79. The van der Waals surface area contributed by atoms with E-state index in [0.29, 0.717) is 22.6 Å². The van der Waals surface area contributed by atoms with Crippen molar-refractivity contribution >= 4 is 29.2 Å². The number of aromatic nitrogens is 2. The zero-order valence-electron chi connectivity index (χ0n) is 15.4. The van der Waals surface area contributed by atoms with Gasteiger partial charge in [-0.25, -0.2) is 20.2 Å². The van der Waals surface area contributed by atoms with Gasteiger partial charge in [-0.05, 0) is 43.3 Å². The Balaban J connectivity index is 1.75. The molecule has 142 valence electrons. The van der Waals surface area contributed by atoms with E-state index in [9.17, 15) is 4.79 Å². The molecular weight excluding hydrogens is 378 g/mol. The van der Waals surface area contributed by atoms with E-state index in [4.69, 9.17) is 16.3 Å². The predicted octanol–water partition coefficient (Wildman–Crippen LogP) is 1.73. The van der Waals surface area contributed by atoms with Crippen molar-refractivity contribution < 1.29 is 9.73 Å². The van der Waals surface area contributed by atoms with Crippen molar-refractivity contribution in [1.82, 2.24) is 9.55 Å². The third-order valence-electron chi connectivity index (χ3n) is 4.40. The molecule has 0 saturated heterocycles. The molecule has 0 amide bonds. The van der Waals surface area contributed by atoms with Gasteiger partial charge in [0.1, 0.15) is 5.75 Å². The SMILES string of the molecule is COc1ccc(NC2=[NH+][C@H](c3ccc(Cl)cc3)n3c(nc(C)cc3=O)N2)cc1. The highest BCUT2D eigenvalue weighted by atomic mass is 35.5. The second-order valence-electron chi connectivity index (χ2n) is 6.38. The number of fused-ring (bicyclic) bond motifs is 1. The van der Waals surface area contributed by atoms with Crippen LogP contribution < -0.4 is 25.9 Å². The molecule has 8 heteroatoms. The Hall–Kier alpha value is -3.32. The first kappa shape index (κ1) is 18.1. The molecule has 0 bridgehead atoms. The average molecular weight is 397 g/mol. The van der Waals surface area contributed by atoms with Crippen LogP contribution in [0.4, 0.5) is 11.6 Å². The van der Waals surface area contributed by atoms with Crippen molar-refractivity contribution in [3.05, 3.63) is 81.2 Å². The lowest BCUT2D eigenvalue weighted by atomic mass is 10.1. The number of rotatable bonds is 3. The number of halogens is 1. The fraction of sp³-hybridized carbons (Fsp3) is 0.150. The van der Waals surface area contributed by atoms with Gasteiger partial charge in [0.05, 0.1) is 12.8 Å². The Labute approximate surface area is 166 Å². The molecule has 0 spiro atoms. The molecule has 2 aromatic carbocycles. The van der Waals surface area contributed by atoms with E-state index in [1.807, 2.05) is 36.4 Å². The summed E-state index contributed by atoms with van der Waals surface area (Å²) in [5.74, 6) is 1.84. The highest BCUT2D eigenvalue weighted by Crippen LogP contribution is 2.19. The number of aryl methyl sites for hydroxylation is 1. The maximum Gasteiger partial charge on any atom is 0.357 e. The Morgan fingerprint density at radius 1 is 1.18 bits per heavy atom. The fourth-order valence-electron chi connectivity index (χ4n) is 3.06. The number of methoxy groups -OCH3 is 1. The molecular formula is C20H19ClN5O2+. The molecule has 0 unspecified atom stereocenters. The van der Waals surface area contributed by atoms with Crippen molar-refractivity contribution in [2.75, 3.05) is 17.7 Å². The molecule has 1 aromatic heterocycles. The Morgan fingerprint density at radius 3 is 2.57 bits per heavy atom. The summed E-state index contributed by atoms with van der Waals surface area (Å²) >= 11 is 6.02. The first-order valence-corrected chi connectivity index (χ1v) is 9.08. The molecule has 3 N–H and O–H groups in total. The number of ether oxygens (including phenoxy) is 1. The normalized spacial score (nSPS) is 15.2. The summed E-state index contributed by atoms with van der Waals surface area (Å²) in [4.78, 5) is 20.5. The van der Waals surface area contributed by atoms with Gasteiger partial charge < -0.3 is 4.74 Å². The zero-order valence-corrected chi connectivity index (χ0v) is 16.1. The Kier molecular flexibility index (Phi) is 4.75. The molecule has 0 fully saturated rings. The van der Waals surface area contributed by atoms with Crippen LogP contribution in [0.15, 0.2) is 59.4 Å². The van der Waals surface area contributed by atoms with Crippen LogP contribution in [0.2, 0.25) is 5.02 Å². The lowest BCUT2D eigenvalue weighted by Gasteiger charge is -2.23. The van der Waals surface area contributed by atoms with Gasteiger partial charge >= 0.3 is 5.96 Å². The second kappa shape index (κ2) is 7.36. The minimum Gasteiger partial charge on any atom is -0.497 e. The quantitative estimate of drug-likeness (QED) is 0.628. The zero-order chi connectivity index (χ0) is 19.7. The van der Waals surface area contributed by atoms with Crippen LogP contribution in [-0.4, -0.2) is 22.6 Å². The number of benzene rings is 2. The van der Waals surface area contributed by atoms with Crippen molar-refractivity contribution in [2.24, 2.45) is 0 Å². The molecule has 2 heterocycles. The van der Waals surface area contributed by atoms with Crippen LogP contribution in [-0.2, 0) is 0 Å². The smallest absolute Gasteiger partial charge is 0.357 e. The molecule has 1 aliphatic rings. The maximum absolute atomic E-state index is 12.6. The summed E-state index contributed by atoms with van der Waals surface area (Å²) in [5.41, 5.74) is 2.23. The topological polar surface area (TPSA) is 82.2 Å². The van der Waals surface area contributed by atoms with E-state index in [0.717, 1.165) is 17.0 Å². The van der Waals surface area contributed by atoms with Crippen LogP contribution >= 0.6 is 11.6 Å². The van der Waals surface area contributed by atoms with E-state index in [-0.39, 0.29) is 5.56 Å². The summed E-state index contributed by atoms with van der Waals surface area (Å²) in [7, 11) is 1.63. The summed E-state index contributed by atoms with van der Waals surface area (Å²) in [6, 6.07) is 16.4.